The highest BCUT2D eigenvalue weighted by molar-refractivity contribution is 5.91. The molecule has 0 saturated heterocycles. The van der Waals surface area contributed by atoms with Crippen molar-refractivity contribution in [2.45, 2.75) is 46.1 Å². The lowest BCUT2D eigenvalue weighted by Crippen LogP contribution is -2.16. The third kappa shape index (κ3) is 6.49. The molecule has 4 nitrogen and oxygen atoms in total. The minimum atomic E-state index is 0.00422. The molecule has 0 fully saturated rings. The smallest absolute Gasteiger partial charge is 0.226 e. The van der Waals surface area contributed by atoms with Crippen molar-refractivity contribution in [1.82, 2.24) is 0 Å². The molecule has 0 bridgehead atoms. The topological polar surface area (TPSA) is 50.4 Å². The summed E-state index contributed by atoms with van der Waals surface area (Å²) in [5, 5.41) is 6.18. The lowest BCUT2D eigenvalue weighted by atomic mass is 10.0. The molecule has 0 atom stereocenters. The molecule has 0 spiro atoms. The van der Waals surface area contributed by atoms with Gasteiger partial charge < -0.3 is 15.4 Å². The van der Waals surface area contributed by atoms with E-state index in [-0.39, 0.29) is 12.0 Å². The van der Waals surface area contributed by atoms with Crippen LogP contribution in [0.15, 0.2) is 48.5 Å². The van der Waals surface area contributed by atoms with Gasteiger partial charge in [0.2, 0.25) is 5.91 Å². The Balaban J connectivity index is 1.74. The van der Waals surface area contributed by atoms with Crippen LogP contribution in [-0.4, -0.2) is 18.6 Å². The van der Waals surface area contributed by atoms with Gasteiger partial charge in [0, 0.05) is 24.3 Å². The van der Waals surface area contributed by atoms with Crippen LogP contribution in [0.4, 0.5) is 11.4 Å². The van der Waals surface area contributed by atoms with E-state index in [1.807, 2.05) is 50.2 Å². The van der Waals surface area contributed by atoms with E-state index in [9.17, 15) is 4.79 Å². The van der Waals surface area contributed by atoms with Gasteiger partial charge in [0.15, 0.2) is 0 Å². The van der Waals surface area contributed by atoms with Gasteiger partial charge in [0.1, 0.15) is 5.75 Å². The van der Waals surface area contributed by atoms with Gasteiger partial charge in [-0.15, -0.1) is 0 Å². The number of benzene rings is 2. The van der Waals surface area contributed by atoms with E-state index in [0.29, 0.717) is 18.9 Å². The van der Waals surface area contributed by atoms with Crippen molar-refractivity contribution >= 4 is 17.3 Å². The third-order valence-corrected chi connectivity index (χ3v) is 3.77. The Morgan fingerprint density at radius 3 is 2.08 bits per heavy atom. The molecule has 0 aliphatic carbocycles. The molecule has 0 saturated carbocycles. The Morgan fingerprint density at radius 2 is 1.52 bits per heavy atom. The molecule has 134 valence electrons. The first-order valence-electron chi connectivity index (χ1n) is 8.84. The zero-order valence-electron chi connectivity index (χ0n) is 15.5. The second-order valence-corrected chi connectivity index (χ2v) is 6.69. The van der Waals surface area contributed by atoms with Crippen molar-refractivity contribution in [1.29, 1.82) is 0 Å². The maximum atomic E-state index is 12.0. The van der Waals surface area contributed by atoms with Crippen LogP contribution in [0.3, 0.4) is 0 Å². The van der Waals surface area contributed by atoms with Crippen LogP contribution in [0.1, 0.15) is 45.6 Å². The quantitative estimate of drug-likeness (QED) is 0.708. The summed E-state index contributed by atoms with van der Waals surface area (Å²) in [5.74, 6) is 1.35. The lowest BCUT2D eigenvalue weighted by Gasteiger charge is -2.11. The molecule has 0 aromatic heterocycles. The summed E-state index contributed by atoms with van der Waals surface area (Å²) in [5.41, 5.74) is 3.08. The zero-order chi connectivity index (χ0) is 18.2. The first-order chi connectivity index (χ1) is 11.9. The van der Waals surface area contributed by atoms with E-state index in [4.69, 9.17) is 4.74 Å². The summed E-state index contributed by atoms with van der Waals surface area (Å²) in [4.78, 5) is 12.0. The zero-order valence-corrected chi connectivity index (χ0v) is 15.5. The van der Waals surface area contributed by atoms with E-state index < -0.39 is 0 Å². The minimum Gasteiger partial charge on any atom is -0.491 e. The average molecular weight is 340 g/mol. The highest BCUT2D eigenvalue weighted by Gasteiger charge is 2.04. The third-order valence-electron chi connectivity index (χ3n) is 3.77. The second-order valence-electron chi connectivity index (χ2n) is 6.69. The van der Waals surface area contributed by atoms with E-state index in [0.717, 1.165) is 17.1 Å². The molecule has 2 aromatic rings. The van der Waals surface area contributed by atoms with Crippen LogP contribution >= 0.6 is 0 Å². The molecule has 4 heteroatoms. The molecule has 2 aromatic carbocycles. The van der Waals surface area contributed by atoms with Gasteiger partial charge in [0.25, 0.3) is 0 Å². The standard InChI is InChI=1S/C21H28N2O2/c1-15(2)17-5-7-19(8-6-17)23-21(24)13-14-22-18-9-11-20(12-10-18)25-16(3)4/h5-12,15-16,22H,13-14H2,1-4H3,(H,23,24). The molecule has 0 heterocycles. The molecule has 25 heavy (non-hydrogen) atoms. The fourth-order valence-electron chi connectivity index (χ4n) is 2.42. The number of hydrogen-bond donors (Lipinski definition) is 2. The van der Waals surface area contributed by atoms with Crippen LogP contribution in [0.5, 0.6) is 5.75 Å². The Kier molecular flexibility index (Phi) is 6.87. The van der Waals surface area contributed by atoms with Crippen molar-refractivity contribution < 1.29 is 9.53 Å². The predicted molar refractivity (Wildman–Crippen MR) is 104 cm³/mol. The number of rotatable bonds is 8. The number of amides is 1. The first kappa shape index (κ1) is 18.8. The number of carbonyl (C=O) groups excluding carboxylic acids is 1. The number of nitrogens with one attached hydrogen (secondary N) is 2. The minimum absolute atomic E-state index is 0.00422. The van der Waals surface area contributed by atoms with Crippen LogP contribution in [-0.2, 0) is 4.79 Å². The molecule has 2 N–H and O–H groups in total. The predicted octanol–water partition coefficient (Wildman–Crippen LogP) is 5.04. The van der Waals surface area contributed by atoms with E-state index in [1.54, 1.807) is 0 Å². The van der Waals surface area contributed by atoms with Gasteiger partial charge in [-0.2, -0.15) is 0 Å². The monoisotopic (exact) mass is 340 g/mol. The summed E-state index contributed by atoms with van der Waals surface area (Å²) >= 11 is 0. The Labute approximate surface area is 150 Å². The average Bonchev–Trinajstić information content (AvgIpc) is 2.56. The maximum Gasteiger partial charge on any atom is 0.226 e. The van der Waals surface area contributed by atoms with Crippen molar-refractivity contribution in [3.8, 4) is 5.75 Å². The van der Waals surface area contributed by atoms with Gasteiger partial charge in [-0.05, 0) is 61.7 Å². The molecule has 2 rings (SSSR count). The molecule has 0 aliphatic heterocycles. The summed E-state index contributed by atoms with van der Waals surface area (Å²) in [6.07, 6.45) is 0.577. The van der Waals surface area contributed by atoms with Crippen LogP contribution in [0.25, 0.3) is 0 Å². The van der Waals surface area contributed by atoms with E-state index in [2.05, 4.69) is 36.6 Å². The molecule has 0 aliphatic rings. The number of hydrogen-bond acceptors (Lipinski definition) is 3. The Morgan fingerprint density at radius 1 is 0.920 bits per heavy atom. The normalized spacial score (nSPS) is 10.8. The highest BCUT2D eigenvalue weighted by Crippen LogP contribution is 2.18. The maximum absolute atomic E-state index is 12.0. The van der Waals surface area contributed by atoms with Crippen LogP contribution < -0.4 is 15.4 Å². The fourth-order valence-corrected chi connectivity index (χ4v) is 2.42. The van der Waals surface area contributed by atoms with Gasteiger partial charge >= 0.3 is 0 Å². The number of ether oxygens (including phenoxy) is 1. The summed E-state index contributed by atoms with van der Waals surface area (Å²) in [6.45, 7) is 8.89. The highest BCUT2D eigenvalue weighted by atomic mass is 16.5. The molecular weight excluding hydrogens is 312 g/mol. The van der Waals surface area contributed by atoms with Crippen LogP contribution in [0, 0.1) is 0 Å². The van der Waals surface area contributed by atoms with Gasteiger partial charge in [0.05, 0.1) is 6.10 Å². The van der Waals surface area contributed by atoms with E-state index in [1.165, 1.54) is 5.56 Å². The van der Waals surface area contributed by atoms with E-state index >= 15 is 0 Å². The van der Waals surface area contributed by atoms with Gasteiger partial charge in [-0.25, -0.2) is 0 Å². The summed E-state index contributed by atoms with van der Waals surface area (Å²) < 4.78 is 5.61. The summed E-state index contributed by atoms with van der Waals surface area (Å²) in [7, 11) is 0. The van der Waals surface area contributed by atoms with Crippen molar-refractivity contribution in [3.63, 3.8) is 0 Å². The van der Waals surface area contributed by atoms with Crippen molar-refractivity contribution in [2.75, 3.05) is 17.2 Å². The van der Waals surface area contributed by atoms with Crippen molar-refractivity contribution in [2.24, 2.45) is 0 Å². The number of carbonyl (C=O) groups is 1. The molecular formula is C21H28N2O2. The Bertz CT molecular complexity index is 661. The molecule has 0 unspecified atom stereocenters. The SMILES string of the molecule is CC(C)Oc1ccc(NCCC(=O)Nc2ccc(C(C)C)cc2)cc1. The first-order valence-corrected chi connectivity index (χ1v) is 8.84. The van der Waals surface area contributed by atoms with Gasteiger partial charge in [-0.3, -0.25) is 4.79 Å². The lowest BCUT2D eigenvalue weighted by molar-refractivity contribution is -0.115. The van der Waals surface area contributed by atoms with Gasteiger partial charge in [-0.1, -0.05) is 26.0 Å². The molecule has 0 radical (unpaired) electrons. The number of anilines is 2. The largest absolute Gasteiger partial charge is 0.491 e. The Hall–Kier alpha value is -2.49. The second kappa shape index (κ2) is 9.11. The summed E-state index contributed by atoms with van der Waals surface area (Å²) in [6, 6.07) is 15.8. The fraction of sp³-hybridized carbons (Fsp3) is 0.381. The van der Waals surface area contributed by atoms with Crippen LogP contribution in [0.2, 0.25) is 0 Å². The van der Waals surface area contributed by atoms with Crippen molar-refractivity contribution in [3.05, 3.63) is 54.1 Å². The molecule has 1 amide bonds.